The molecule has 0 spiro atoms. The lowest BCUT2D eigenvalue weighted by Crippen LogP contribution is -2.40. The van der Waals surface area contributed by atoms with E-state index in [0.717, 1.165) is 33.8 Å². The number of aryl methyl sites for hydroxylation is 2. The van der Waals surface area contributed by atoms with E-state index in [-0.39, 0.29) is 17.4 Å². The molecule has 188 valence electrons. The van der Waals surface area contributed by atoms with Crippen LogP contribution in [0.4, 0.5) is 0 Å². The van der Waals surface area contributed by atoms with Crippen LogP contribution in [0.2, 0.25) is 0 Å². The van der Waals surface area contributed by atoms with Crippen molar-refractivity contribution in [2.45, 2.75) is 52.4 Å². The van der Waals surface area contributed by atoms with Crippen LogP contribution in [0.1, 0.15) is 50.6 Å². The molecular weight excluding hydrogens is 454 g/mol. The van der Waals surface area contributed by atoms with Crippen LogP contribution in [-0.2, 0) is 24.4 Å². The third-order valence-corrected chi connectivity index (χ3v) is 6.95. The molecule has 0 amide bonds. The standard InChI is InChI=1S/C29H33N3O4/c1-17(2)36-21-14-12-20(13-15-21)26-25-24-22(27(33)31(7)28(34)30(24)6)23(19-10-8-18(3)9-11-19)32(25)29(4,5)16-35-26/h8-15,17,26H,16H2,1-7H3/t26-/m0/s1. The Morgan fingerprint density at radius 3 is 2.22 bits per heavy atom. The highest BCUT2D eigenvalue weighted by molar-refractivity contribution is 5.96. The SMILES string of the molecule is Cc1ccc(-c2c3c(=O)n(C)c(=O)n(C)c3c3n2C(C)(C)CO[C@H]3c2ccc(OC(C)C)cc2)cc1. The zero-order chi connectivity index (χ0) is 25.9. The van der Waals surface area contributed by atoms with Crippen LogP contribution in [0.3, 0.4) is 0 Å². The van der Waals surface area contributed by atoms with E-state index in [2.05, 4.69) is 18.4 Å². The summed E-state index contributed by atoms with van der Waals surface area (Å²) in [6.07, 6.45) is -0.378. The van der Waals surface area contributed by atoms with Crippen LogP contribution in [-0.4, -0.2) is 26.4 Å². The third kappa shape index (κ3) is 3.69. The highest BCUT2D eigenvalue weighted by Crippen LogP contribution is 2.45. The molecule has 0 bridgehead atoms. The van der Waals surface area contributed by atoms with Crippen LogP contribution < -0.4 is 16.0 Å². The van der Waals surface area contributed by atoms with Crippen molar-refractivity contribution in [1.82, 2.24) is 13.7 Å². The van der Waals surface area contributed by atoms with E-state index in [0.29, 0.717) is 17.5 Å². The number of fused-ring (bicyclic) bond motifs is 3. The molecule has 0 unspecified atom stereocenters. The molecule has 1 atom stereocenters. The van der Waals surface area contributed by atoms with Crippen molar-refractivity contribution in [3.05, 3.63) is 86.2 Å². The highest BCUT2D eigenvalue weighted by atomic mass is 16.5. The van der Waals surface area contributed by atoms with Crippen molar-refractivity contribution in [3.8, 4) is 17.0 Å². The molecule has 5 rings (SSSR count). The normalized spacial score (nSPS) is 16.9. The fourth-order valence-electron chi connectivity index (χ4n) is 5.23. The minimum atomic E-state index is -0.453. The Kier molecular flexibility index (Phi) is 5.71. The minimum absolute atomic E-state index is 0.0755. The summed E-state index contributed by atoms with van der Waals surface area (Å²) < 4.78 is 17.3. The summed E-state index contributed by atoms with van der Waals surface area (Å²) in [5, 5.41) is 0.529. The van der Waals surface area contributed by atoms with Gasteiger partial charge < -0.3 is 14.0 Å². The topological polar surface area (TPSA) is 67.4 Å². The van der Waals surface area contributed by atoms with Gasteiger partial charge in [0.2, 0.25) is 0 Å². The van der Waals surface area contributed by atoms with E-state index in [1.165, 1.54) is 11.6 Å². The molecule has 2 aromatic heterocycles. The van der Waals surface area contributed by atoms with Gasteiger partial charge in [-0.05, 0) is 57.9 Å². The molecule has 0 N–H and O–H groups in total. The van der Waals surface area contributed by atoms with Crippen LogP contribution >= 0.6 is 0 Å². The van der Waals surface area contributed by atoms with Gasteiger partial charge in [0, 0.05) is 14.1 Å². The number of hydrogen-bond acceptors (Lipinski definition) is 4. The maximum Gasteiger partial charge on any atom is 0.331 e. The van der Waals surface area contributed by atoms with Gasteiger partial charge in [-0.2, -0.15) is 0 Å². The number of benzene rings is 2. The molecule has 7 heteroatoms. The van der Waals surface area contributed by atoms with Crippen molar-refractivity contribution in [2.75, 3.05) is 6.61 Å². The summed E-state index contributed by atoms with van der Waals surface area (Å²) in [4.78, 5) is 26.8. The van der Waals surface area contributed by atoms with E-state index in [1.807, 2.05) is 69.3 Å². The Balaban J connectivity index is 1.88. The molecule has 0 aliphatic carbocycles. The average molecular weight is 488 g/mol. The van der Waals surface area contributed by atoms with E-state index < -0.39 is 11.6 Å². The molecule has 1 aliphatic heterocycles. The Bertz CT molecular complexity index is 1570. The number of rotatable bonds is 4. The average Bonchev–Trinajstić information content (AvgIpc) is 3.20. The number of nitrogens with zero attached hydrogens (tertiary/aromatic N) is 3. The number of hydrogen-bond donors (Lipinski definition) is 0. The monoisotopic (exact) mass is 487 g/mol. The summed E-state index contributed by atoms with van der Waals surface area (Å²) in [6, 6.07) is 16.0. The Morgan fingerprint density at radius 1 is 0.972 bits per heavy atom. The van der Waals surface area contributed by atoms with Gasteiger partial charge >= 0.3 is 5.69 Å². The van der Waals surface area contributed by atoms with E-state index in [9.17, 15) is 9.59 Å². The van der Waals surface area contributed by atoms with Crippen LogP contribution in [0.25, 0.3) is 22.2 Å². The van der Waals surface area contributed by atoms with Gasteiger partial charge in [-0.1, -0.05) is 42.0 Å². The molecule has 1 aliphatic rings. The summed E-state index contributed by atoms with van der Waals surface area (Å²) in [7, 11) is 3.26. The molecule has 7 nitrogen and oxygen atoms in total. The minimum Gasteiger partial charge on any atom is -0.491 e. The first-order chi connectivity index (χ1) is 17.0. The molecule has 3 heterocycles. The lowest BCUT2D eigenvalue weighted by molar-refractivity contribution is -0.00709. The fourth-order valence-corrected chi connectivity index (χ4v) is 5.23. The van der Waals surface area contributed by atoms with Gasteiger partial charge in [-0.3, -0.25) is 13.9 Å². The highest BCUT2D eigenvalue weighted by Gasteiger charge is 2.40. The number of aromatic nitrogens is 3. The molecule has 2 aromatic carbocycles. The molecule has 4 aromatic rings. The van der Waals surface area contributed by atoms with Gasteiger partial charge in [0.05, 0.1) is 40.5 Å². The smallest absolute Gasteiger partial charge is 0.331 e. The Hall–Kier alpha value is -3.58. The van der Waals surface area contributed by atoms with Crippen LogP contribution in [0.15, 0.2) is 58.1 Å². The van der Waals surface area contributed by atoms with Gasteiger partial charge in [0.1, 0.15) is 11.9 Å². The van der Waals surface area contributed by atoms with Crippen molar-refractivity contribution >= 4 is 10.9 Å². The first-order valence-electron chi connectivity index (χ1n) is 12.3. The van der Waals surface area contributed by atoms with Crippen molar-refractivity contribution < 1.29 is 9.47 Å². The maximum atomic E-state index is 13.7. The first kappa shape index (κ1) is 24.1. The second-order valence-corrected chi connectivity index (χ2v) is 10.6. The van der Waals surface area contributed by atoms with Gasteiger partial charge in [-0.25, -0.2) is 4.79 Å². The first-order valence-corrected chi connectivity index (χ1v) is 12.3. The molecule has 36 heavy (non-hydrogen) atoms. The molecule has 0 radical (unpaired) electrons. The molecular formula is C29H33N3O4. The molecule has 0 fully saturated rings. The quantitative estimate of drug-likeness (QED) is 0.420. The van der Waals surface area contributed by atoms with Crippen molar-refractivity contribution in [3.63, 3.8) is 0 Å². The Labute approximate surface area is 210 Å². The lowest BCUT2D eigenvalue weighted by Gasteiger charge is -2.39. The van der Waals surface area contributed by atoms with Crippen LogP contribution in [0, 0.1) is 6.92 Å². The second kappa shape index (κ2) is 8.52. The zero-order valence-corrected chi connectivity index (χ0v) is 22.0. The second-order valence-electron chi connectivity index (χ2n) is 10.6. The summed E-state index contributed by atoms with van der Waals surface area (Å²) in [6.45, 7) is 10.7. The summed E-state index contributed by atoms with van der Waals surface area (Å²) >= 11 is 0. The lowest BCUT2D eigenvalue weighted by atomic mass is 9.98. The zero-order valence-electron chi connectivity index (χ0n) is 22.0. The van der Waals surface area contributed by atoms with E-state index >= 15 is 0 Å². The third-order valence-electron chi connectivity index (χ3n) is 6.95. The largest absolute Gasteiger partial charge is 0.491 e. The predicted molar refractivity (Wildman–Crippen MR) is 142 cm³/mol. The fraction of sp³-hybridized carbons (Fsp3) is 0.379. The summed E-state index contributed by atoms with van der Waals surface area (Å²) in [5.74, 6) is 0.784. The number of ether oxygens (including phenoxy) is 2. The van der Waals surface area contributed by atoms with E-state index in [4.69, 9.17) is 9.47 Å². The van der Waals surface area contributed by atoms with Gasteiger partial charge in [-0.15, -0.1) is 0 Å². The Morgan fingerprint density at radius 2 is 1.61 bits per heavy atom. The van der Waals surface area contributed by atoms with Gasteiger partial charge in [0.25, 0.3) is 5.56 Å². The maximum absolute atomic E-state index is 13.7. The van der Waals surface area contributed by atoms with Crippen LogP contribution in [0.5, 0.6) is 5.75 Å². The molecule has 0 saturated carbocycles. The summed E-state index contributed by atoms with van der Waals surface area (Å²) in [5.41, 5.74) is 4.12. The molecule has 0 saturated heterocycles. The van der Waals surface area contributed by atoms with E-state index in [1.54, 1.807) is 11.6 Å². The van der Waals surface area contributed by atoms with Crippen molar-refractivity contribution in [1.29, 1.82) is 0 Å². The predicted octanol–water partition coefficient (Wildman–Crippen LogP) is 4.66. The van der Waals surface area contributed by atoms with Crippen molar-refractivity contribution in [2.24, 2.45) is 14.1 Å². The van der Waals surface area contributed by atoms with Gasteiger partial charge in [0.15, 0.2) is 0 Å².